The molecule has 0 amide bonds. The number of methoxy groups -OCH3 is 1. The molecule has 1 aromatic heterocycles. The third-order valence-electron chi connectivity index (χ3n) is 4.94. The number of halogens is 3. The second-order valence-corrected chi connectivity index (χ2v) is 9.35. The van der Waals surface area contributed by atoms with E-state index in [1.807, 2.05) is 0 Å². The summed E-state index contributed by atoms with van der Waals surface area (Å²) in [6.07, 6.45) is 0. The van der Waals surface area contributed by atoms with Crippen LogP contribution in [0.4, 0.5) is 8.78 Å². The fourth-order valence-electron chi connectivity index (χ4n) is 3.47. The molecule has 0 fully saturated rings. The van der Waals surface area contributed by atoms with Crippen molar-refractivity contribution in [1.82, 2.24) is 0 Å². The Kier molecular flexibility index (Phi) is 5.75. The highest BCUT2D eigenvalue weighted by Gasteiger charge is 2.39. The standard InChI is InChI=1S/C23H15ClF2O5S/c1-30-23-20(21(27)16-4-2-3-5-19(16)31-23)22(17-12-14(25)8-11-18(17)26)32(28,29)15-9-6-13(24)7-10-15/h2-12,22H,1H3. The Morgan fingerprint density at radius 2 is 1.69 bits per heavy atom. The van der Waals surface area contributed by atoms with Crippen molar-refractivity contribution >= 4 is 32.4 Å². The van der Waals surface area contributed by atoms with Crippen molar-refractivity contribution in [2.24, 2.45) is 0 Å². The van der Waals surface area contributed by atoms with Gasteiger partial charge in [0.15, 0.2) is 9.84 Å². The van der Waals surface area contributed by atoms with Crippen molar-refractivity contribution < 1.29 is 26.4 Å². The maximum Gasteiger partial charge on any atom is 0.293 e. The second-order valence-electron chi connectivity index (χ2n) is 6.88. The Balaban J connectivity index is 2.12. The molecule has 0 saturated carbocycles. The molecule has 4 aromatic rings. The number of sulfone groups is 1. The number of fused-ring (bicyclic) bond motifs is 1. The van der Waals surface area contributed by atoms with Gasteiger partial charge in [0.1, 0.15) is 28.0 Å². The van der Waals surface area contributed by atoms with Crippen LogP contribution in [0.3, 0.4) is 0 Å². The van der Waals surface area contributed by atoms with Crippen LogP contribution in [-0.4, -0.2) is 15.5 Å². The summed E-state index contributed by atoms with van der Waals surface area (Å²) in [6, 6.07) is 13.7. The summed E-state index contributed by atoms with van der Waals surface area (Å²) >= 11 is 5.87. The lowest BCUT2D eigenvalue weighted by Gasteiger charge is -2.20. The largest absolute Gasteiger partial charge is 0.468 e. The lowest BCUT2D eigenvalue weighted by atomic mass is 10.0. The first-order valence-corrected chi connectivity index (χ1v) is 11.2. The van der Waals surface area contributed by atoms with Crippen molar-refractivity contribution in [2.75, 3.05) is 7.11 Å². The molecule has 1 atom stereocenters. The van der Waals surface area contributed by atoms with E-state index >= 15 is 0 Å². The quantitative estimate of drug-likeness (QED) is 0.391. The van der Waals surface area contributed by atoms with Crippen LogP contribution in [-0.2, 0) is 9.84 Å². The second kappa shape index (κ2) is 8.37. The van der Waals surface area contributed by atoms with Gasteiger partial charge in [-0.15, -0.1) is 0 Å². The molecule has 4 rings (SSSR count). The van der Waals surface area contributed by atoms with E-state index in [1.54, 1.807) is 12.1 Å². The average Bonchev–Trinajstić information content (AvgIpc) is 2.78. The van der Waals surface area contributed by atoms with Crippen LogP contribution in [0.2, 0.25) is 5.02 Å². The summed E-state index contributed by atoms with van der Waals surface area (Å²) in [5.41, 5.74) is -1.61. The maximum atomic E-state index is 14.9. The zero-order chi connectivity index (χ0) is 23.0. The monoisotopic (exact) mass is 476 g/mol. The van der Waals surface area contributed by atoms with Crippen molar-refractivity contribution in [1.29, 1.82) is 0 Å². The molecule has 0 radical (unpaired) electrons. The van der Waals surface area contributed by atoms with E-state index in [9.17, 15) is 22.0 Å². The van der Waals surface area contributed by atoms with E-state index in [2.05, 4.69) is 0 Å². The van der Waals surface area contributed by atoms with E-state index in [0.29, 0.717) is 0 Å². The third kappa shape index (κ3) is 3.76. The van der Waals surface area contributed by atoms with Gasteiger partial charge in [-0.1, -0.05) is 23.7 Å². The smallest absolute Gasteiger partial charge is 0.293 e. The summed E-state index contributed by atoms with van der Waals surface area (Å²) in [4.78, 5) is 13.2. The Hall–Kier alpha value is -3.23. The molecule has 0 N–H and O–H groups in total. The zero-order valence-corrected chi connectivity index (χ0v) is 18.1. The summed E-state index contributed by atoms with van der Waals surface area (Å²) in [7, 11) is -3.31. The molecular formula is C23H15ClF2O5S. The summed E-state index contributed by atoms with van der Waals surface area (Å²) < 4.78 is 67.2. The minimum absolute atomic E-state index is 0.0661. The molecule has 0 aliphatic carbocycles. The Labute approximate surface area is 186 Å². The molecule has 5 nitrogen and oxygen atoms in total. The Morgan fingerprint density at radius 3 is 2.38 bits per heavy atom. The summed E-state index contributed by atoms with van der Waals surface area (Å²) in [5.74, 6) is -2.30. The van der Waals surface area contributed by atoms with E-state index in [1.165, 1.54) is 43.5 Å². The number of hydrogen-bond acceptors (Lipinski definition) is 5. The minimum atomic E-state index is -4.49. The Bertz CT molecular complexity index is 1480. The van der Waals surface area contributed by atoms with Gasteiger partial charge in [0, 0.05) is 10.6 Å². The minimum Gasteiger partial charge on any atom is -0.468 e. The van der Waals surface area contributed by atoms with Crippen LogP contribution in [0.1, 0.15) is 16.4 Å². The number of ether oxygens (including phenoxy) is 1. The number of hydrogen-bond donors (Lipinski definition) is 0. The molecule has 164 valence electrons. The van der Waals surface area contributed by atoms with Gasteiger partial charge in [0.25, 0.3) is 5.95 Å². The SMILES string of the molecule is COc1oc2ccccc2c(=O)c1C(c1cc(F)ccc1F)S(=O)(=O)c1ccc(Cl)cc1. The highest BCUT2D eigenvalue weighted by atomic mass is 35.5. The normalized spacial score (nSPS) is 12.6. The van der Waals surface area contributed by atoms with Crippen molar-refractivity contribution in [3.8, 4) is 5.95 Å². The van der Waals surface area contributed by atoms with Crippen molar-refractivity contribution in [3.63, 3.8) is 0 Å². The summed E-state index contributed by atoms with van der Waals surface area (Å²) in [6.45, 7) is 0. The molecule has 0 aliphatic heterocycles. The molecule has 3 aromatic carbocycles. The van der Waals surface area contributed by atoms with Gasteiger partial charge in [-0.25, -0.2) is 17.2 Å². The Morgan fingerprint density at radius 1 is 1.00 bits per heavy atom. The van der Waals surface area contributed by atoms with E-state index in [-0.39, 0.29) is 20.9 Å². The van der Waals surface area contributed by atoms with Crippen LogP contribution in [0.25, 0.3) is 11.0 Å². The zero-order valence-electron chi connectivity index (χ0n) is 16.5. The van der Waals surface area contributed by atoms with Gasteiger partial charge in [-0.05, 0) is 54.6 Å². The van der Waals surface area contributed by atoms with Gasteiger partial charge in [-0.3, -0.25) is 4.79 Å². The molecular weight excluding hydrogens is 462 g/mol. The predicted molar refractivity (Wildman–Crippen MR) is 116 cm³/mol. The van der Waals surface area contributed by atoms with Gasteiger partial charge < -0.3 is 9.15 Å². The number of para-hydroxylation sites is 1. The van der Waals surface area contributed by atoms with Crippen LogP contribution >= 0.6 is 11.6 Å². The molecule has 0 aliphatic rings. The molecule has 32 heavy (non-hydrogen) atoms. The molecule has 9 heteroatoms. The maximum absolute atomic E-state index is 14.9. The summed E-state index contributed by atoms with van der Waals surface area (Å²) in [5, 5.41) is -1.60. The molecule has 0 spiro atoms. The average molecular weight is 477 g/mol. The van der Waals surface area contributed by atoms with Crippen LogP contribution in [0, 0.1) is 11.6 Å². The van der Waals surface area contributed by atoms with E-state index < -0.39 is 49.2 Å². The predicted octanol–water partition coefficient (Wildman–Crippen LogP) is 5.30. The van der Waals surface area contributed by atoms with E-state index in [0.717, 1.165) is 18.2 Å². The molecule has 0 saturated heterocycles. The first kappa shape index (κ1) is 22.0. The van der Waals surface area contributed by atoms with Crippen LogP contribution < -0.4 is 10.2 Å². The van der Waals surface area contributed by atoms with Crippen LogP contribution in [0.15, 0.2) is 80.8 Å². The van der Waals surface area contributed by atoms with Crippen molar-refractivity contribution in [3.05, 3.63) is 105 Å². The lowest BCUT2D eigenvalue weighted by Crippen LogP contribution is -2.24. The number of rotatable bonds is 5. The van der Waals surface area contributed by atoms with E-state index in [4.69, 9.17) is 20.8 Å². The van der Waals surface area contributed by atoms with Gasteiger partial charge in [0.2, 0.25) is 5.43 Å². The first-order chi connectivity index (χ1) is 15.2. The lowest BCUT2D eigenvalue weighted by molar-refractivity contribution is 0.304. The topological polar surface area (TPSA) is 73.6 Å². The van der Waals surface area contributed by atoms with Crippen LogP contribution in [0.5, 0.6) is 5.95 Å². The first-order valence-electron chi connectivity index (χ1n) is 9.28. The molecule has 1 unspecified atom stereocenters. The van der Waals surface area contributed by atoms with Gasteiger partial charge in [-0.2, -0.15) is 0 Å². The highest BCUT2D eigenvalue weighted by molar-refractivity contribution is 7.92. The highest BCUT2D eigenvalue weighted by Crippen LogP contribution is 2.40. The van der Waals surface area contributed by atoms with Crippen molar-refractivity contribution in [2.45, 2.75) is 10.1 Å². The number of benzene rings is 3. The molecule has 0 bridgehead atoms. The fourth-order valence-corrected chi connectivity index (χ4v) is 5.41. The van der Waals surface area contributed by atoms with Gasteiger partial charge in [0.05, 0.1) is 17.4 Å². The molecule has 1 heterocycles. The van der Waals surface area contributed by atoms with Gasteiger partial charge >= 0.3 is 0 Å². The third-order valence-corrected chi connectivity index (χ3v) is 7.23. The fraction of sp³-hybridized carbons (Fsp3) is 0.0870.